The third kappa shape index (κ3) is 3.16. The lowest BCUT2D eigenvalue weighted by Crippen LogP contribution is -2.29. The number of hydrogen-bond acceptors (Lipinski definition) is 4. The zero-order valence-electron chi connectivity index (χ0n) is 11.0. The van der Waals surface area contributed by atoms with E-state index in [1.54, 1.807) is 0 Å². The van der Waals surface area contributed by atoms with Gasteiger partial charge in [0.05, 0.1) is 6.54 Å². The Morgan fingerprint density at radius 2 is 2.06 bits per heavy atom. The van der Waals surface area contributed by atoms with Crippen molar-refractivity contribution >= 4 is 5.82 Å². The minimum atomic E-state index is 0.720. The Morgan fingerprint density at radius 3 is 2.71 bits per heavy atom. The SMILES string of the molecule is CNc1cc(C)nc(CN(C)C2CCCC2)n1. The molecule has 17 heavy (non-hydrogen) atoms. The van der Waals surface area contributed by atoms with E-state index in [4.69, 9.17) is 0 Å². The van der Waals surface area contributed by atoms with Gasteiger partial charge < -0.3 is 5.32 Å². The van der Waals surface area contributed by atoms with Crippen molar-refractivity contribution in [2.24, 2.45) is 0 Å². The number of hydrogen-bond donors (Lipinski definition) is 1. The molecule has 0 spiro atoms. The van der Waals surface area contributed by atoms with Crippen molar-refractivity contribution in [2.75, 3.05) is 19.4 Å². The molecule has 0 bridgehead atoms. The van der Waals surface area contributed by atoms with E-state index in [0.717, 1.165) is 29.9 Å². The molecule has 0 aliphatic heterocycles. The third-order valence-electron chi connectivity index (χ3n) is 3.50. The van der Waals surface area contributed by atoms with E-state index in [0.29, 0.717) is 0 Å². The van der Waals surface area contributed by atoms with E-state index in [1.807, 2.05) is 20.0 Å². The first-order chi connectivity index (χ1) is 8.19. The maximum atomic E-state index is 4.50. The summed E-state index contributed by atoms with van der Waals surface area (Å²) in [5.41, 5.74) is 1.03. The Hall–Kier alpha value is -1.16. The second kappa shape index (κ2) is 5.45. The molecule has 1 aromatic heterocycles. The lowest BCUT2D eigenvalue weighted by Gasteiger charge is -2.23. The van der Waals surface area contributed by atoms with Gasteiger partial charge in [-0.2, -0.15) is 0 Å². The van der Waals surface area contributed by atoms with Crippen LogP contribution in [0.25, 0.3) is 0 Å². The Morgan fingerprint density at radius 1 is 1.35 bits per heavy atom. The summed E-state index contributed by atoms with van der Waals surface area (Å²) in [4.78, 5) is 11.4. The molecular formula is C13H22N4. The van der Waals surface area contributed by atoms with Crippen LogP contribution in [-0.2, 0) is 6.54 Å². The van der Waals surface area contributed by atoms with Crippen molar-refractivity contribution in [3.63, 3.8) is 0 Å². The summed E-state index contributed by atoms with van der Waals surface area (Å²) in [6.45, 7) is 2.86. The standard InChI is InChI=1S/C13H22N4/c1-10-8-12(14-2)16-13(15-10)9-17(3)11-6-4-5-7-11/h8,11H,4-7,9H2,1-3H3,(H,14,15,16). The highest BCUT2D eigenvalue weighted by molar-refractivity contribution is 5.34. The topological polar surface area (TPSA) is 41.1 Å². The first-order valence-corrected chi connectivity index (χ1v) is 6.41. The van der Waals surface area contributed by atoms with Gasteiger partial charge in [0.25, 0.3) is 0 Å². The zero-order valence-corrected chi connectivity index (χ0v) is 11.0. The molecule has 1 fully saturated rings. The van der Waals surface area contributed by atoms with Gasteiger partial charge in [0.15, 0.2) is 0 Å². The lowest BCUT2D eigenvalue weighted by molar-refractivity contribution is 0.232. The minimum absolute atomic E-state index is 0.720. The predicted molar refractivity (Wildman–Crippen MR) is 70.0 cm³/mol. The van der Waals surface area contributed by atoms with Gasteiger partial charge in [-0.05, 0) is 26.8 Å². The number of aromatic nitrogens is 2. The summed E-state index contributed by atoms with van der Waals surface area (Å²) in [5.74, 6) is 1.83. The van der Waals surface area contributed by atoms with Crippen LogP contribution in [-0.4, -0.2) is 35.0 Å². The summed E-state index contributed by atoms with van der Waals surface area (Å²) in [5, 5.41) is 3.08. The molecule has 0 radical (unpaired) electrons. The highest BCUT2D eigenvalue weighted by atomic mass is 15.2. The van der Waals surface area contributed by atoms with Crippen molar-refractivity contribution in [3.05, 3.63) is 17.6 Å². The van der Waals surface area contributed by atoms with Crippen molar-refractivity contribution in [3.8, 4) is 0 Å². The summed E-state index contributed by atoms with van der Waals surface area (Å²) >= 11 is 0. The van der Waals surface area contributed by atoms with E-state index in [1.165, 1.54) is 25.7 Å². The molecule has 1 aromatic rings. The lowest BCUT2D eigenvalue weighted by atomic mass is 10.2. The Balaban J connectivity index is 2.04. The van der Waals surface area contributed by atoms with Gasteiger partial charge in [0, 0.05) is 24.8 Å². The molecule has 1 N–H and O–H groups in total. The van der Waals surface area contributed by atoms with Crippen LogP contribution < -0.4 is 5.32 Å². The monoisotopic (exact) mass is 234 g/mol. The number of aryl methyl sites for hydroxylation is 1. The fourth-order valence-corrected chi connectivity index (χ4v) is 2.53. The maximum absolute atomic E-state index is 4.50. The normalized spacial score (nSPS) is 16.7. The van der Waals surface area contributed by atoms with E-state index < -0.39 is 0 Å². The number of nitrogens with one attached hydrogen (secondary N) is 1. The number of nitrogens with zero attached hydrogens (tertiary/aromatic N) is 3. The molecule has 1 saturated carbocycles. The van der Waals surface area contributed by atoms with Gasteiger partial charge in [-0.1, -0.05) is 12.8 Å². The van der Waals surface area contributed by atoms with Crippen molar-refractivity contribution in [1.29, 1.82) is 0 Å². The molecule has 1 aliphatic carbocycles. The van der Waals surface area contributed by atoms with Gasteiger partial charge in [0.2, 0.25) is 0 Å². The highest BCUT2D eigenvalue weighted by Gasteiger charge is 2.20. The van der Waals surface area contributed by atoms with Crippen LogP contribution in [0.4, 0.5) is 5.82 Å². The van der Waals surface area contributed by atoms with Crippen molar-refractivity contribution in [2.45, 2.75) is 45.2 Å². The smallest absolute Gasteiger partial charge is 0.144 e. The molecule has 4 nitrogen and oxygen atoms in total. The molecule has 0 aromatic carbocycles. The second-order valence-corrected chi connectivity index (χ2v) is 4.91. The summed E-state index contributed by atoms with van der Waals surface area (Å²) in [6.07, 6.45) is 5.37. The summed E-state index contributed by atoms with van der Waals surface area (Å²) < 4.78 is 0. The fraction of sp³-hybridized carbons (Fsp3) is 0.692. The Bertz CT molecular complexity index is 372. The van der Waals surface area contributed by atoms with Crippen LogP contribution >= 0.6 is 0 Å². The van der Waals surface area contributed by atoms with Gasteiger partial charge in [0.1, 0.15) is 11.6 Å². The first-order valence-electron chi connectivity index (χ1n) is 6.41. The van der Waals surface area contributed by atoms with Crippen LogP contribution in [0.2, 0.25) is 0 Å². The van der Waals surface area contributed by atoms with Gasteiger partial charge in [-0.3, -0.25) is 4.90 Å². The fourth-order valence-electron chi connectivity index (χ4n) is 2.53. The largest absolute Gasteiger partial charge is 0.373 e. The quantitative estimate of drug-likeness (QED) is 0.867. The van der Waals surface area contributed by atoms with Crippen molar-refractivity contribution < 1.29 is 0 Å². The van der Waals surface area contributed by atoms with Crippen LogP contribution in [0.5, 0.6) is 0 Å². The van der Waals surface area contributed by atoms with Crippen LogP contribution in [0.15, 0.2) is 6.07 Å². The highest BCUT2D eigenvalue weighted by Crippen LogP contribution is 2.23. The van der Waals surface area contributed by atoms with Gasteiger partial charge in [-0.25, -0.2) is 9.97 Å². The second-order valence-electron chi connectivity index (χ2n) is 4.91. The van der Waals surface area contributed by atoms with Gasteiger partial charge >= 0.3 is 0 Å². The van der Waals surface area contributed by atoms with E-state index >= 15 is 0 Å². The molecule has 0 atom stereocenters. The molecule has 1 heterocycles. The molecular weight excluding hydrogens is 212 g/mol. The Labute approximate surface area is 103 Å². The number of anilines is 1. The van der Waals surface area contributed by atoms with Gasteiger partial charge in [-0.15, -0.1) is 0 Å². The molecule has 94 valence electrons. The van der Waals surface area contributed by atoms with E-state index in [2.05, 4.69) is 27.2 Å². The first kappa shape index (κ1) is 12.3. The molecule has 0 unspecified atom stereocenters. The van der Waals surface area contributed by atoms with Crippen LogP contribution in [0.3, 0.4) is 0 Å². The van der Waals surface area contributed by atoms with Crippen LogP contribution in [0, 0.1) is 6.92 Å². The summed E-state index contributed by atoms with van der Waals surface area (Å²) in [6, 6.07) is 2.69. The zero-order chi connectivity index (χ0) is 12.3. The third-order valence-corrected chi connectivity index (χ3v) is 3.50. The molecule has 0 saturated heterocycles. The average molecular weight is 234 g/mol. The average Bonchev–Trinajstić information content (AvgIpc) is 2.81. The molecule has 1 aliphatic rings. The summed E-state index contributed by atoms with van der Waals surface area (Å²) in [7, 11) is 4.08. The molecule has 4 heteroatoms. The number of rotatable bonds is 4. The minimum Gasteiger partial charge on any atom is -0.373 e. The molecule has 0 amide bonds. The predicted octanol–water partition coefficient (Wildman–Crippen LogP) is 2.20. The molecule has 2 rings (SSSR count). The van der Waals surface area contributed by atoms with E-state index in [9.17, 15) is 0 Å². The maximum Gasteiger partial charge on any atom is 0.144 e. The van der Waals surface area contributed by atoms with Crippen molar-refractivity contribution in [1.82, 2.24) is 14.9 Å². The van der Waals surface area contributed by atoms with Crippen LogP contribution in [0.1, 0.15) is 37.2 Å². The Kier molecular flexibility index (Phi) is 3.94. The van der Waals surface area contributed by atoms with E-state index in [-0.39, 0.29) is 0 Å².